The number of rotatable bonds is 80. The first-order valence-electron chi connectivity index (χ1n) is 48.2. The van der Waals surface area contributed by atoms with Crippen LogP contribution in [0.4, 0.5) is 0 Å². The number of unbranched alkanes of at least 4 members (excludes halogenated alkanes) is 60. The fraction of sp³-hybridized carbons (Fsp3) is 0.926. The average Bonchev–Trinajstić information content (AvgIpc) is 0.779. The number of ether oxygens (including phenoxy) is 6. The molecule has 3 saturated heterocycles. The molecular formula is C95H179NO18. The summed E-state index contributed by atoms with van der Waals surface area (Å²) in [5, 5.41) is 121. The van der Waals surface area contributed by atoms with Gasteiger partial charge in [-0.25, -0.2) is 0 Å². The van der Waals surface area contributed by atoms with Crippen LogP contribution >= 0.6 is 0 Å². The van der Waals surface area contributed by atoms with E-state index in [4.69, 9.17) is 28.4 Å². The number of carbonyl (C=O) groups is 1. The van der Waals surface area contributed by atoms with Crippen molar-refractivity contribution in [1.82, 2.24) is 5.32 Å². The molecule has 19 heteroatoms. The quantitative estimate of drug-likeness (QED) is 0.0199. The standard InChI is InChI=1S/C95H179NO18/c1-3-5-7-9-11-13-15-17-19-21-23-25-27-29-31-33-35-37-38-39-40-41-43-45-47-49-51-53-55-57-59-61-63-65-67-69-71-73-83(101)96-78(79(100)72-70-68-66-64-62-60-58-56-54-52-50-48-46-44-42-36-34-32-30-28-26-24-22-20-18-16-14-12-10-8-6-4-2)77-109-93-89(107)86(104)91(81(75-98)111-93)114-95-90(108)87(105)92(82(76-99)112-95)113-94-88(106)85(103)84(102)80(74-97)110-94/h54,56,62,64,70,72,78-82,84-95,97-100,102-108H,3-53,55,57-61,63,65-69,71,73-77H2,1-2H3,(H,96,101)/b56-54+,64-62+,72-70+. The molecule has 17 atom stereocenters. The molecule has 3 aliphatic heterocycles. The average molecular weight is 1620 g/mol. The Labute approximate surface area is 695 Å². The highest BCUT2D eigenvalue weighted by atomic mass is 16.8. The second kappa shape index (κ2) is 74.8. The van der Waals surface area contributed by atoms with Crippen LogP contribution in [0.2, 0.25) is 0 Å². The highest BCUT2D eigenvalue weighted by Gasteiger charge is 2.54. The first kappa shape index (κ1) is 106. The molecule has 114 heavy (non-hydrogen) atoms. The van der Waals surface area contributed by atoms with Crippen LogP contribution in [0.15, 0.2) is 36.5 Å². The molecule has 0 aliphatic carbocycles. The Balaban J connectivity index is 1.31. The van der Waals surface area contributed by atoms with Gasteiger partial charge in [-0.15, -0.1) is 0 Å². The van der Waals surface area contributed by atoms with Gasteiger partial charge in [0, 0.05) is 6.42 Å². The minimum atomic E-state index is -1.98. The van der Waals surface area contributed by atoms with E-state index in [1.165, 1.54) is 353 Å². The smallest absolute Gasteiger partial charge is 0.220 e. The predicted molar refractivity (Wildman–Crippen MR) is 462 cm³/mol. The van der Waals surface area contributed by atoms with Crippen LogP contribution in [0.25, 0.3) is 0 Å². The Hall–Kier alpha value is -1.99. The predicted octanol–water partition coefficient (Wildman–Crippen LogP) is 19.4. The van der Waals surface area contributed by atoms with Gasteiger partial charge in [0.25, 0.3) is 0 Å². The second-order valence-corrected chi connectivity index (χ2v) is 34.5. The van der Waals surface area contributed by atoms with Crippen LogP contribution in [-0.2, 0) is 33.2 Å². The lowest BCUT2D eigenvalue weighted by Crippen LogP contribution is -2.66. The van der Waals surface area contributed by atoms with Crippen LogP contribution in [-0.4, -0.2) is 193 Å². The van der Waals surface area contributed by atoms with Crippen molar-refractivity contribution < 1.29 is 89.4 Å². The van der Waals surface area contributed by atoms with Crippen molar-refractivity contribution in [3.63, 3.8) is 0 Å². The first-order valence-corrected chi connectivity index (χ1v) is 48.2. The summed E-state index contributed by atoms with van der Waals surface area (Å²) in [7, 11) is 0. The molecular weight excluding hydrogens is 1440 g/mol. The summed E-state index contributed by atoms with van der Waals surface area (Å²) in [5.74, 6) is -0.280. The Morgan fingerprint density at radius 1 is 0.307 bits per heavy atom. The molecule has 0 aromatic heterocycles. The number of aliphatic hydroxyl groups is 11. The molecule has 0 aromatic rings. The maximum atomic E-state index is 13.5. The lowest BCUT2D eigenvalue weighted by Gasteiger charge is -2.48. The lowest BCUT2D eigenvalue weighted by molar-refractivity contribution is -0.379. The molecule has 17 unspecified atom stereocenters. The normalized spacial score (nSPS) is 24.8. The lowest BCUT2D eigenvalue weighted by atomic mass is 9.96. The van der Waals surface area contributed by atoms with Gasteiger partial charge in [0.15, 0.2) is 18.9 Å². The van der Waals surface area contributed by atoms with E-state index in [9.17, 15) is 61.0 Å². The van der Waals surface area contributed by atoms with Crippen molar-refractivity contribution in [3.05, 3.63) is 36.5 Å². The summed E-state index contributed by atoms with van der Waals surface area (Å²) in [5.41, 5.74) is 0. The molecule has 3 rings (SSSR count). The number of aliphatic hydroxyl groups excluding tert-OH is 11. The van der Waals surface area contributed by atoms with E-state index >= 15 is 0 Å². The third-order valence-electron chi connectivity index (χ3n) is 24.2. The van der Waals surface area contributed by atoms with E-state index in [1.54, 1.807) is 6.08 Å². The van der Waals surface area contributed by atoms with E-state index in [0.29, 0.717) is 12.8 Å². The summed E-state index contributed by atoms with van der Waals surface area (Å²) in [6, 6.07) is -0.998. The number of hydrogen-bond acceptors (Lipinski definition) is 18. The van der Waals surface area contributed by atoms with E-state index in [-0.39, 0.29) is 18.9 Å². The maximum Gasteiger partial charge on any atom is 0.220 e. The third-order valence-corrected chi connectivity index (χ3v) is 24.2. The monoisotopic (exact) mass is 1620 g/mol. The van der Waals surface area contributed by atoms with Crippen LogP contribution in [0.3, 0.4) is 0 Å². The zero-order valence-electron chi connectivity index (χ0n) is 72.8. The van der Waals surface area contributed by atoms with Crippen molar-refractivity contribution in [2.75, 3.05) is 26.4 Å². The summed E-state index contributed by atoms with van der Waals surface area (Å²) >= 11 is 0. The van der Waals surface area contributed by atoms with Crippen molar-refractivity contribution >= 4 is 5.91 Å². The topological polar surface area (TPSA) is 307 Å². The summed E-state index contributed by atoms with van der Waals surface area (Å²) in [6.07, 6.45) is 70.5. The third kappa shape index (κ3) is 52.4. The number of amides is 1. The molecule has 672 valence electrons. The van der Waals surface area contributed by atoms with E-state index in [1.807, 2.05) is 6.08 Å². The number of hydrogen-bond donors (Lipinski definition) is 12. The van der Waals surface area contributed by atoms with Gasteiger partial charge in [-0.05, 0) is 44.9 Å². The Morgan fingerprint density at radius 3 is 0.877 bits per heavy atom. The zero-order chi connectivity index (χ0) is 82.4. The molecule has 3 heterocycles. The van der Waals surface area contributed by atoms with Gasteiger partial charge in [0.1, 0.15) is 73.2 Å². The highest BCUT2D eigenvalue weighted by Crippen LogP contribution is 2.34. The van der Waals surface area contributed by atoms with Gasteiger partial charge in [0.2, 0.25) is 5.91 Å². The molecule has 0 bridgehead atoms. The van der Waals surface area contributed by atoms with E-state index in [2.05, 4.69) is 43.5 Å². The second-order valence-electron chi connectivity index (χ2n) is 34.5. The minimum absolute atomic E-state index is 0.237. The van der Waals surface area contributed by atoms with Gasteiger partial charge in [-0.1, -0.05) is 416 Å². The SMILES string of the molecule is CCCCCCCCCCCCCCCCCCCCCCCC/C=C/CC/C=C/CC/C=C/C(O)C(COC1OC(CO)C(OC2OC(CO)C(OC3OC(CO)C(O)C(O)C3O)C(O)C2O)C(O)C1O)NC(=O)CCCCCCCCCCCCCCCCCCCCCCCCCCCCCCCCCCCCCCC. The molecule has 3 fully saturated rings. The summed E-state index contributed by atoms with van der Waals surface area (Å²) in [4.78, 5) is 13.5. The van der Waals surface area contributed by atoms with Crippen molar-refractivity contribution in [2.24, 2.45) is 0 Å². The van der Waals surface area contributed by atoms with Crippen molar-refractivity contribution in [1.29, 1.82) is 0 Å². The molecule has 0 radical (unpaired) electrons. The zero-order valence-corrected chi connectivity index (χ0v) is 72.8. The molecule has 3 aliphatic rings. The minimum Gasteiger partial charge on any atom is -0.394 e. The van der Waals surface area contributed by atoms with Crippen LogP contribution < -0.4 is 5.32 Å². The van der Waals surface area contributed by atoms with E-state index in [0.717, 1.165) is 44.9 Å². The van der Waals surface area contributed by atoms with Crippen molar-refractivity contribution in [2.45, 2.75) is 535 Å². The van der Waals surface area contributed by atoms with Gasteiger partial charge in [0.05, 0.1) is 38.6 Å². The van der Waals surface area contributed by atoms with Gasteiger partial charge >= 0.3 is 0 Å². The van der Waals surface area contributed by atoms with Crippen molar-refractivity contribution in [3.8, 4) is 0 Å². The Bertz CT molecular complexity index is 2190. The number of nitrogens with one attached hydrogen (secondary N) is 1. The molecule has 0 spiro atoms. The van der Waals surface area contributed by atoms with Crippen LogP contribution in [0.1, 0.15) is 431 Å². The maximum absolute atomic E-state index is 13.5. The molecule has 0 aromatic carbocycles. The van der Waals surface area contributed by atoms with E-state index < -0.39 is 124 Å². The fourth-order valence-corrected chi connectivity index (χ4v) is 16.5. The Kier molecular flexibility index (Phi) is 69.7. The molecule has 12 N–H and O–H groups in total. The van der Waals surface area contributed by atoms with Gasteiger partial charge in [-0.2, -0.15) is 0 Å². The first-order chi connectivity index (χ1) is 55.8. The number of carbonyl (C=O) groups excluding carboxylic acids is 1. The summed E-state index contributed by atoms with van der Waals surface area (Å²) < 4.78 is 34.5. The van der Waals surface area contributed by atoms with Gasteiger partial charge < -0.3 is 89.9 Å². The van der Waals surface area contributed by atoms with Crippen LogP contribution in [0, 0.1) is 0 Å². The molecule has 19 nitrogen and oxygen atoms in total. The molecule has 1 amide bonds. The Morgan fingerprint density at radius 2 is 0.561 bits per heavy atom. The highest BCUT2D eigenvalue weighted by molar-refractivity contribution is 5.76. The van der Waals surface area contributed by atoms with Gasteiger partial charge in [-0.3, -0.25) is 4.79 Å². The fourth-order valence-electron chi connectivity index (χ4n) is 16.5. The molecule has 0 saturated carbocycles. The largest absolute Gasteiger partial charge is 0.394 e. The van der Waals surface area contributed by atoms with Crippen LogP contribution in [0.5, 0.6) is 0 Å². The summed E-state index contributed by atoms with van der Waals surface area (Å²) in [6.45, 7) is 1.79. The number of allylic oxidation sites excluding steroid dienone is 5.